The van der Waals surface area contributed by atoms with Crippen molar-refractivity contribution in [2.45, 2.75) is 43.8 Å². The summed E-state index contributed by atoms with van der Waals surface area (Å²) in [5, 5.41) is 6.26. The molecular formula is C25H29N3O3S. The molecule has 0 fully saturated rings. The molecule has 0 aliphatic heterocycles. The number of carbonyl (C=O) groups is 1. The summed E-state index contributed by atoms with van der Waals surface area (Å²) in [5.74, 6) is -0.210. The third-order valence-corrected chi connectivity index (χ3v) is 6.57. The Morgan fingerprint density at radius 2 is 1.25 bits per heavy atom. The Labute approximate surface area is 190 Å². The molecule has 0 aromatic heterocycles. The Balaban J connectivity index is 1.71. The highest BCUT2D eigenvalue weighted by Crippen LogP contribution is 2.23. The van der Waals surface area contributed by atoms with Crippen molar-refractivity contribution in [1.82, 2.24) is 10.0 Å². The van der Waals surface area contributed by atoms with Gasteiger partial charge in [0, 0.05) is 11.7 Å². The number of hydrogen-bond donors (Lipinski definition) is 3. The molecule has 0 aliphatic rings. The molecule has 1 atom stereocenters. The van der Waals surface area contributed by atoms with Gasteiger partial charge in [-0.1, -0.05) is 60.7 Å². The fourth-order valence-corrected chi connectivity index (χ4v) is 4.60. The molecule has 0 bridgehead atoms. The largest absolute Gasteiger partial charge is 0.325 e. The third-order valence-electron chi connectivity index (χ3n) is 4.90. The number of nitrogens with one attached hydrogen (secondary N) is 3. The first-order valence-electron chi connectivity index (χ1n) is 10.6. The molecule has 0 saturated heterocycles. The highest BCUT2D eigenvalue weighted by atomic mass is 32.2. The smallest absolute Gasteiger partial charge is 0.241 e. The standard InChI is InChI=1S/C25H29N3O3S/c1-18(2)28-32(30,31)23-16-14-22(15-17-23)27-25(29)19(3)26-24(20-10-6-4-7-11-20)21-12-8-5-9-13-21/h4-19,24,26,28H,1-3H3,(H,27,29). The van der Waals surface area contributed by atoms with Gasteiger partial charge in [-0.15, -0.1) is 0 Å². The summed E-state index contributed by atoms with van der Waals surface area (Å²) in [6.45, 7) is 5.33. The molecule has 3 aromatic rings. The van der Waals surface area contributed by atoms with Crippen LogP contribution in [0.15, 0.2) is 89.8 Å². The second-order valence-electron chi connectivity index (χ2n) is 7.93. The van der Waals surface area contributed by atoms with Gasteiger partial charge in [0.15, 0.2) is 0 Å². The quantitative estimate of drug-likeness (QED) is 0.458. The predicted molar refractivity (Wildman–Crippen MR) is 128 cm³/mol. The van der Waals surface area contributed by atoms with Gasteiger partial charge in [-0.2, -0.15) is 0 Å². The van der Waals surface area contributed by atoms with E-state index in [9.17, 15) is 13.2 Å². The third kappa shape index (κ3) is 6.26. The topological polar surface area (TPSA) is 87.3 Å². The minimum atomic E-state index is -3.57. The Morgan fingerprint density at radius 3 is 1.72 bits per heavy atom. The maximum Gasteiger partial charge on any atom is 0.241 e. The maximum absolute atomic E-state index is 12.8. The number of amides is 1. The monoisotopic (exact) mass is 451 g/mol. The zero-order valence-electron chi connectivity index (χ0n) is 18.4. The Morgan fingerprint density at radius 1 is 0.750 bits per heavy atom. The van der Waals surface area contributed by atoms with E-state index in [1.165, 1.54) is 12.1 Å². The van der Waals surface area contributed by atoms with E-state index in [1.54, 1.807) is 32.9 Å². The molecule has 7 heteroatoms. The van der Waals surface area contributed by atoms with Crippen LogP contribution in [0.5, 0.6) is 0 Å². The van der Waals surface area contributed by atoms with Crippen LogP contribution in [-0.4, -0.2) is 26.4 Å². The molecule has 32 heavy (non-hydrogen) atoms. The van der Waals surface area contributed by atoms with Gasteiger partial charge in [-0.25, -0.2) is 13.1 Å². The lowest BCUT2D eigenvalue weighted by Crippen LogP contribution is -2.40. The molecule has 168 valence electrons. The predicted octanol–water partition coefficient (Wildman–Crippen LogP) is 4.08. The molecule has 1 unspecified atom stereocenters. The van der Waals surface area contributed by atoms with Crippen molar-refractivity contribution in [2.24, 2.45) is 0 Å². The van der Waals surface area contributed by atoms with Gasteiger partial charge in [-0.05, 0) is 56.2 Å². The van der Waals surface area contributed by atoms with Gasteiger partial charge in [0.2, 0.25) is 15.9 Å². The summed E-state index contributed by atoms with van der Waals surface area (Å²) < 4.78 is 27.1. The molecule has 3 rings (SSSR count). The highest BCUT2D eigenvalue weighted by Gasteiger charge is 2.21. The van der Waals surface area contributed by atoms with Gasteiger partial charge in [0.1, 0.15) is 0 Å². The van der Waals surface area contributed by atoms with Crippen molar-refractivity contribution in [3.8, 4) is 0 Å². The van der Waals surface area contributed by atoms with E-state index in [1.807, 2.05) is 60.7 Å². The summed E-state index contributed by atoms with van der Waals surface area (Å²) >= 11 is 0. The van der Waals surface area contributed by atoms with E-state index < -0.39 is 16.1 Å². The zero-order valence-corrected chi connectivity index (χ0v) is 19.3. The lowest BCUT2D eigenvalue weighted by Gasteiger charge is -2.24. The van der Waals surface area contributed by atoms with Crippen LogP contribution in [-0.2, 0) is 14.8 Å². The van der Waals surface area contributed by atoms with E-state index in [-0.39, 0.29) is 22.9 Å². The van der Waals surface area contributed by atoms with Crippen LogP contribution < -0.4 is 15.4 Å². The molecule has 3 aromatic carbocycles. The minimum absolute atomic E-state index is 0.146. The van der Waals surface area contributed by atoms with Crippen LogP contribution in [0.2, 0.25) is 0 Å². The fraction of sp³-hybridized carbons (Fsp3) is 0.240. The molecule has 0 aliphatic carbocycles. The highest BCUT2D eigenvalue weighted by molar-refractivity contribution is 7.89. The molecule has 6 nitrogen and oxygen atoms in total. The molecule has 0 radical (unpaired) electrons. The number of rotatable bonds is 9. The normalized spacial score (nSPS) is 12.7. The average molecular weight is 452 g/mol. The summed E-state index contributed by atoms with van der Waals surface area (Å²) in [4.78, 5) is 13.0. The summed E-state index contributed by atoms with van der Waals surface area (Å²) in [5.41, 5.74) is 2.65. The molecular weight excluding hydrogens is 422 g/mol. The van der Waals surface area contributed by atoms with Crippen molar-refractivity contribution in [1.29, 1.82) is 0 Å². The number of benzene rings is 3. The second kappa shape index (κ2) is 10.5. The van der Waals surface area contributed by atoms with Crippen LogP contribution in [0.3, 0.4) is 0 Å². The SMILES string of the molecule is CC(C)NS(=O)(=O)c1ccc(NC(=O)C(C)NC(c2ccccc2)c2ccccc2)cc1. The summed E-state index contributed by atoms with van der Waals surface area (Å²) in [6, 6.07) is 25.2. The first-order chi connectivity index (χ1) is 15.3. The number of sulfonamides is 1. The second-order valence-corrected chi connectivity index (χ2v) is 9.65. The van der Waals surface area contributed by atoms with Crippen molar-refractivity contribution >= 4 is 21.6 Å². The Hall–Kier alpha value is -3.00. The number of anilines is 1. The van der Waals surface area contributed by atoms with Gasteiger partial charge in [0.05, 0.1) is 17.0 Å². The molecule has 0 spiro atoms. The van der Waals surface area contributed by atoms with Gasteiger partial charge in [-0.3, -0.25) is 10.1 Å². The van der Waals surface area contributed by atoms with Crippen LogP contribution in [0.1, 0.15) is 37.9 Å². The molecule has 0 heterocycles. The first-order valence-corrected chi connectivity index (χ1v) is 12.0. The fourth-order valence-electron chi connectivity index (χ4n) is 3.35. The molecule has 0 saturated carbocycles. The van der Waals surface area contributed by atoms with Gasteiger partial charge >= 0.3 is 0 Å². The van der Waals surface area contributed by atoms with Crippen LogP contribution >= 0.6 is 0 Å². The first kappa shape index (κ1) is 23.7. The lowest BCUT2D eigenvalue weighted by molar-refractivity contribution is -0.117. The van der Waals surface area contributed by atoms with Crippen molar-refractivity contribution in [3.05, 3.63) is 96.1 Å². The van der Waals surface area contributed by atoms with Gasteiger partial charge in [0.25, 0.3) is 0 Å². The van der Waals surface area contributed by atoms with E-state index in [4.69, 9.17) is 0 Å². The Kier molecular flexibility index (Phi) is 7.80. The van der Waals surface area contributed by atoms with E-state index in [0.717, 1.165) is 11.1 Å². The molecule has 1 amide bonds. The van der Waals surface area contributed by atoms with Gasteiger partial charge < -0.3 is 5.32 Å². The van der Waals surface area contributed by atoms with Crippen molar-refractivity contribution < 1.29 is 13.2 Å². The summed E-state index contributed by atoms with van der Waals surface area (Å²) in [6.07, 6.45) is 0. The maximum atomic E-state index is 12.8. The summed E-state index contributed by atoms with van der Waals surface area (Å²) in [7, 11) is -3.57. The van der Waals surface area contributed by atoms with Crippen LogP contribution in [0.4, 0.5) is 5.69 Å². The van der Waals surface area contributed by atoms with Crippen LogP contribution in [0.25, 0.3) is 0 Å². The van der Waals surface area contributed by atoms with E-state index >= 15 is 0 Å². The number of carbonyl (C=O) groups excluding carboxylic acids is 1. The lowest BCUT2D eigenvalue weighted by atomic mass is 9.98. The Bertz CT molecular complexity index is 1080. The average Bonchev–Trinajstić information content (AvgIpc) is 2.78. The van der Waals surface area contributed by atoms with Crippen molar-refractivity contribution in [3.63, 3.8) is 0 Å². The van der Waals surface area contributed by atoms with E-state index in [2.05, 4.69) is 15.4 Å². The van der Waals surface area contributed by atoms with Crippen molar-refractivity contribution in [2.75, 3.05) is 5.32 Å². The van der Waals surface area contributed by atoms with Crippen LogP contribution in [0, 0.1) is 0 Å². The minimum Gasteiger partial charge on any atom is -0.325 e. The zero-order chi connectivity index (χ0) is 23.1. The molecule has 3 N–H and O–H groups in total. The number of hydrogen-bond acceptors (Lipinski definition) is 4. The van der Waals surface area contributed by atoms with E-state index in [0.29, 0.717) is 5.69 Å².